The molecule has 2 aromatic heterocycles. The van der Waals surface area contributed by atoms with Crippen LogP contribution in [0.3, 0.4) is 0 Å². The van der Waals surface area contributed by atoms with E-state index < -0.39 is 0 Å². The van der Waals surface area contributed by atoms with Gasteiger partial charge in [-0.25, -0.2) is 4.98 Å². The molecule has 0 bridgehead atoms. The smallest absolute Gasteiger partial charge is 0.126 e. The summed E-state index contributed by atoms with van der Waals surface area (Å²) in [5, 5.41) is 7.33. The first-order chi connectivity index (χ1) is 7.66. The number of aryl methyl sites for hydroxylation is 2. The number of pyridine rings is 1. The van der Waals surface area contributed by atoms with Gasteiger partial charge in [0, 0.05) is 13.2 Å². The molecular formula is C11H15N5. The average Bonchev–Trinajstić information content (AvgIpc) is 2.66. The fraction of sp³-hybridized carbons (Fsp3) is 0.273. The molecule has 0 unspecified atom stereocenters. The van der Waals surface area contributed by atoms with Crippen LogP contribution in [0.5, 0.6) is 0 Å². The molecule has 2 aromatic rings. The van der Waals surface area contributed by atoms with Crippen molar-refractivity contribution in [3.63, 3.8) is 0 Å². The number of hydrogen-bond donors (Lipinski definition) is 2. The minimum Gasteiger partial charge on any atom is -0.397 e. The summed E-state index contributed by atoms with van der Waals surface area (Å²) in [5.41, 5.74) is 8.55. The van der Waals surface area contributed by atoms with Crippen LogP contribution in [0.1, 0.15) is 11.3 Å². The summed E-state index contributed by atoms with van der Waals surface area (Å²) in [6.45, 7) is 2.67. The molecule has 0 radical (unpaired) electrons. The van der Waals surface area contributed by atoms with Gasteiger partial charge in [0.1, 0.15) is 5.82 Å². The Morgan fingerprint density at radius 3 is 2.94 bits per heavy atom. The van der Waals surface area contributed by atoms with Gasteiger partial charge in [0.2, 0.25) is 0 Å². The first-order valence-corrected chi connectivity index (χ1v) is 5.09. The highest BCUT2D eigenvalue weighted by molar-refractivity contribution is 5.50. The van der Waals surface area contributed by atoms with Gasteiger partial charge in [-0.3, -0.25) is 4.68 Å². The van der Waals surface area contributed by atoms with E-state index in [9.17, 15) is 0 Å². The Morgan fingerprint density at radius 2 is 2.31 bits per heavy atom. The molecule has 0 aliphatic heterocycles. The Hall–Kier alpha value is -2.04. The molecule has 0 aliphatic rings. The average molecular weight is 217 g/mol. The molecule has 0 spiro atoms. The van der Waals surface area contributed by atoms with Crippen molar-refractivity contribution in [2.45, 2.75) is 13.5 Å². The summed E-state index contributed by atoms with van der Waals surface area (Å²) < 4.78 is 1.83. The van der Waals surface area contributed by atoms with E-state index in [2.05, 4.69) is 15.4 Å². The van der Waals surface area contributed by atoms with Crippen molar-refractivity contribution in [3.05, 3.63) is 35.8 Å². The third-order valence-electron chi connectivity index (χ3n) is 2.52. The Morgan fingerprint density at radius 1 is 1.50 bits per heavy atom. The molecule has 16 heavy (non-hydrogen) atoms. The normalized spacial score (nSPS) is 10.4. The molecule has 5 heteroatoms. The summed E-state index contributed by atoms with van der Waals surface area (Å²) in [6, 6.07) is 3.91. The Bertz CT molecular complexity index is 489. The highest BCUT2D eigenvalue weighted by atomic mass is 15.3. The second-order valence-corrected chi connectivity index (χ2v) is 3.73. The van der Waals surface area contributed by atoms with E-state index in [1.807, 2.05) is 30.8 Å². The molecule has 0 fully saturated rings. The third-order valence-corrected chi connectivity index (χ3v) is 2.52. The maximum atomic E-state index is 5.70. The second-order valence-electron chi connectivity index (χ2n) is 3.73. The molecule has 2 heterocycles. The highest BCUT2D eigenvalue weighted by Gasteiger charge is 2.00. The lowest BCUT2D eigenvalue weighted by atomic mass is 10.2. The number of nitrogens with one attached hydrogen (secondary N) is 1. The molecule has 0 saturated heterocycles. The molecule has 0 amide bonds. The molecular weight excluding hydrogens is 202 g/mol. The SMILES string of the molecule is Cc1cc(NCc2ccnn2C)ncc1N. The fourth-order valence-electron chi connectivity index (χ4n) is 1.42. The predicted molar refractivity (Wildman–Crippen MR) is 63.9 cm³/mol. The van der Waals surface area contributed by atoms with Crippen LogP contribution in [0.4, 0.5) is 11.5 Å². The van der Waals surface area contributed by atoms with Crippen LogP contribution in [0.2, 0.25) is 0 Å². The number of nitrogens with zero attached hydrogens (tertiary/aromatic N) is 3. The number of hydrogen-bond acceptors (Lipinski definition) is 4. The summed E-state index contributed by atoms with van der Waals surface area (Å²) in [7, 11) is 1.92. The number of nitrogen functional groups attached to an aromatic ring is 1. The van der Waals surface area contributed by atoms with Gasteiger partial charge in [-0.1, -0.05) is 0 Å². The van der Waals surface area contributed by atoms with Crippen molar-refractivity contribution in [1.82, 2.24) is 14.8 Å². The summed E-state index contributed by atoms with van der Waals surface area (Å²) in [4.78, 5) is 4.20. The van der Waals surface area contributed by atoms with Crippen LogP contribution in [-0.4, -0.2) is 14.8 Å². The van der Waals surface area contributed by atoms with E-state index in [0.29, 0.717) is 12.2 Å². The van der Waals surface area contributed by atoms with Gasteiger partial charge < -0.3 is 11.1 Å². The van der Waals surface area contributed by atoms with Gasteiger partial charge in [-0.2, -0.15) is 5.10 Å². The van der Waals surface area contributed by atoms with Crippen LogP contribution < -0.4 is 11.1 Å². The van der Waals surface area contributed by atoms with Gasteiger partial charge in [-0.15, -0.1) is 0 Å². The van der Waals surface area contributed by atoms with Crippen molar-refractivity contribution < 1.29 is 0 Å². The van der Waals surface area contributed by atoms with Crippen molar-refractivity contribution in [2.75, 3.05) is 11.1 Å². The highest BCUT2D eigenvalue weighted by Crippen LogP contribution is 2.13. The molecule has 0 saturated carbocycles. The van der Waals surface area contributed by atoms with Gasteiger partial charge in [-0.05, 0) is 24.6 Å². The van der Waals surface area contributed by atoms with E-state index in [-0.39, 0.29) is 0 Å². The quantitative estimate of drug-likeness (QED) is 0.813. The Balaban J connectivity index is 2.05. The number of rotatable bonds is 3. The minimum atomic E-state index is 0.701. The first-order valence-electron chi connectivity index (χ1n) is 5.09. The van der Waals surface area contributed by atoms with Crippen molar-refractivity contribution >= 4 is 11.5 Å². The number of anilines is 2. The van der Waals surface area contributed by atoms with Gasteiger partial charge >= 0.3 is 0 Å². The van der Waals surface area contributed by atoms with Gasteiger partial charge in [0.05, 0.1) is 24.1 Å². The standard InChI is InChI=1S/C11H15N5/c1-8-5-11(14-7-10(8)12)13-6-9-3-4-15-16(9)2/h3-5,7H,6,12H2,1-2H3,(H,13,14). The summed E-state index contributed by atoms with van der Waals surface area (Å²) in [5.74, 6) is 0.827. The van der Waals surface area contributed by atoms with Crippen molar-refractivity contribution in [1.29, 1.82) is 0 Å². The molecule has 0 aromatic carbocycles. The molecule has 0 aliphatic carbocycles. The Kier molecular flexibility index (Phi) is 2.76. The molecule has 2 rings (SSSR count). The Labute approximate surface area is 94.3 Å². The van der Waals surface area contributed by atoms with Gasteiger partial charge in [0.15, 0.2) is 0 Å². The second kappa shape index (κ2) is 4.22. The predicted octanol–water partition coefficient (Wildman–Crippen LogP) is 1.32. The van der Waals surface area contributed by atoms with Crippen LogP contribution in [0.15, 0.2) is 24.5 Å². The molecule has 3 N–H and O–H groups in total. The van der Waals surface area contributed by atoms with Crippen LogP contribution in [-0.2, 0) is 13.6 Å². The molecule has 5 nitrogen and oxygen atoms in total. The van der Waals surface area contributed by atoms with E-state index in [4.69, 9.17) is 5.73 Å². The number of aromatic nitrogens is 3. The largest absolute Gasteiger partial charge is 0.397 e. The monoisotopic (exact) mass is 217 g/mol. The zero-order chi connectivity index (χ0) is 11.5. The summed E-state index contributed by atoms with van der Waals surface area (Å²) >= 11 is 0. The zero-order valence-electron chi connectivity index (χ0n) is 9.44. The minimum absolute atomic E-state index is 0.701. The van der Waals surface area contributed by atoms with Crippen molar-refractivity contribution in [2.24, 2.45) is 7.05 Å². The summed E-state index contributed by atoms with van der Waals surface area (Å²) in [6.07, 6.45) is 3.44. The van der Waals surface area contributed by atoms with Gasteiger partial charge in [0.25, 0.3) is 0 Å². The van der Waals surface area contributed by atoms with Crippen LogP contribution >= 0.6 is 0 Å². The third kappa shape index (κ3) is 2.13. The van der Waals surface area contributed by atoms with E-state index in [1.165, 1.54) is 0 Å². The van der Waals surface area contributed by atoms with Crippen LogP contribution in [0, 0.1) is 6.92 Å². The lowest BCUT2D eigenvalue weighted by molar-refractivity contribution is 0.720. The van der Waals surface area contributed by atoms with E-state index in [1.54, 1.807) is 12.4 Å². The maximum Gasteiger partial charge on any atom is 0.126 e. The zero-order valence-corrected chi connectivity index (χ0v) is 9.44. The maximum absolute atomic E-state index is 5.70. The molecule has 0 atom stereocenters. The van der Waals surface area contributed by atoms with E-state index in [0.717, 1.165) is 17.1 Å². The fourth-order valence-corrected chi connectivity index (χ4v) is 1.42. The number of nitrogens with two attached hydrogens (primary N) is 1. The topological polar surface area (TPSA) is 68.8 Å². The lowest BCUT2D eigenvalue weighted by Crippen LogP contribution is -2.07. The van der Waals surface area contributed by atoms with Crippen LogP contribution in [0.25, 0.3) is 0 Å². The lowest BCUT2D eigenvalue weighted by Gasteiger charge is -2.07. The van der Waals surface area contributed by atoms with E-state index >= 15 is 0 Å². The first kappa shape index (κ1) is 10.5. The van der Waals surface area contributed by atoms with Crippen molar-refractivity contribution in [3.8, 4) is 0 Å². The molecule has 84 valence electrons.